The third-order valence-corrected chi connectivity index (χ3v) is 10.8. The van der Waals surface area contributed by atoms with Crippen LogP contribution in [0.2, 0.25) is 0 Å². The van der Waals surface area contributed by atoms with Crippen molar-refractivity contribution in [2.75, 3.05) is 6.61 Å². The number of benzene rings is 5. The van der Waals surface area contributed by atoms with Crippen molar-refractivity contribution in [1.29, 1.82) is 0 Å². The highest BCUT2D eigenvalue weighted by atomic mass is 32.2. The molecule has 0 bridgehead atoms. The van der Waals surface area contributed by atoms with Crippen LogP contribution in [-0.4, -0.2) is 17.7 Å². The number of hydrogen-bond acceptors (Lipinski definition) is 6. The summed E-state index contributed by atoms with van der Waals surface area (Å²) < 4.78 is 17.7. The lowest BCUT2D eigenvalue weighted by molar-refractivity contribution is -0.111. The standard InChI is InChI=1S/C49H58O5S/c1-3-5-7-9-11-12-13-14-16-18-48(50)55-47-34-26-41-36-46(29-25-42(41)37-47)54-49(51)40-21-19-38(20-22-40)39-23-27-44(28-24-39)53-45-32-30-43(31-33-45)52-35-17-15-10-8-6-4-2/h19-34,36-37H,3-18,35H2,1-2H3. The van der Waals surface area contributed by atoms with Gasteiger partial charge in [0.25, 0.3) is 0 Å². The van der Waals surface area contributed by atoms with Gasteiger partial charge < -0.3 is 14.2 Å². The highest BCUT2D eigenvalue weighted by Crippen LogP contribution is 2.30. The molecule has 0 saturated carbocycles. The van der Waals surface area contributed by atoms with Crippen LogP contribution >= 0.6 is 11.8 Å². The summed E-state index contributed by atoms with van der Waals surface area (Å²) >= 11 is 1.32. The van der Waals surface area contributed by atoms with E-state index in [-0.39, 0.29) is 5.12 Å². The van der Waals surface area contributed by atoms with Crippen LogP contribution in [-0.2, 0) is 4.79 Å². The van der Waals surface area contributed by atoms with Gasteiger partial charge in [0.2, 0.25) is 0 Å². The van der Waals surface area contributed by atoms with Gasteiger partial charge in [-0.1, -0.05) is 145 Å². The zero-order valence-corrected chi connectivity index (χ0v) is 33.7. The smallest absolute Gasteiger partial charge is 0.343 e. The Kier molecular flexibility index (Phi) is 17.7. The number of carbonyl (C=O) groups excluding carboxylic acids is 2. The molecule has 0 fully saturated rings. The van der Waals surface area contributed by atoms with Gasteiger partial charge in [-0.15, -0.1) is 0 Å². The van der Waals surface area contributed by atoms with Crippen molar-refractivity contribution in [1.82, 2.24) is 0 Å². The molecule has 5 nitrogen and oxygen atoms in total. The van der Waals surface area contributed by atoms with Crippen LogP contribution in [0.3, 0.4) is 0 Å². The normalized spacial score (nSPS) is 11.1. The topological polar surface area (TPSA) is 61.8 Å². The summed E-state index contributed by atoms with van der Waals surface area (Å²) in [6.45, 7) is 5.23. The first-order valence-corrected chi connectivity index (χ1v) is 21.4. The van der Waals surface area contributed by atoms with Crippen molar-refractivity contribution in [3.63, 3.8) is 0 Å². The van der Waals surface area contributed by atoms with Crippen molar-refractivity contribution < 1.29 is 23.8 Å². The lowest BCUT2D eigenvalue weighted by Gasteiger charge is -2.10. The predicted molar refractivity (Wildman–Crippen MR) is 229 cm³/mol. The second-order valence-corrected chi connectivity index (χ2v) is 15.5. The Morgan fingerprint density at radius 3 is 1.62 bits per heavy atom. The van der Waals surface area contributed by atoms with Gasteiger partial charge in [0, 0.05) is 11.3 Å². The molecule has 6 heteroatoms. The Balaban J connectivity index is 1.04. The first kappa shape index (κ1) is 41.6. The lowest BCUT2D eigenvalue weighted by Crippen LogP contribution is -2.08. The summed E-state index contributed by atoms with van der Waals surface area (Å²) in [6.07, 6.45) is 19.3. The molecule has 0 aromatic heterocycles. The molecular formula is C49H58O5S. The number of thioether (sulfide) groups is 1. The van der Waals surface area contributed by atoms with Gasteiger partial charge in [-0.3, -0.25) is 4.79 Å². The second-order valence-electron chi connectivity index (χ2n) is 14.4. The summed E-state index contributed by atoms with van der Waals surface area (Å²) in [5, 5.41) is 2.17. The first-order valence-electron chi connectivity index (χ1n) is 20.6. The molecule has 5 aromatic carbocycles. The van der Waals surface area contributed by atoms with E-state index in [0.717, 1.165) is 69.9 Å². The Morgan fingerprint density at radius 2 is 0.982 bits per heavy atom. The fraction of sp³-hybridized carbons (Fsp3) is 0.388. The number of ether oxygens (including phenoxy) is 3. The van der Waals surface area contributed by atoms with Crippen molar-refractivity contribution in [2.24, 2.45) is 0 Å². The van der Waals surface area contributed by atoms with Crippen LogP contribution in [0.1, 0.15) is 127 Å². The zero-order chi connectivity index (χ0) is 38.5. The zero-order valence-electron chi connectivity index (χ0n) is 32.9. The largest absolute Gasteiger partial charge is 0.494 e. The van der Waals surface area contributed by atoms with E-state index in [1.807, 2.05) is 91.0 Å². The molecule has 55 heavy (non-hydrogen) atoms. The number of carbonyl (C=O) groups is 2. The number of fused-ring (bicyclic) bond motifs is 1. The Hall–Kier alpha value is -4.55. The lowest BCUT2D eigenvalue weighted by atomic mass is 10.0. The van der Waals surface area contributed by atoms with Crippen LogP contribution in [0.25, 0.3) is 21.9 Å². The summed E-state index contributed by atoms with van der Waals surface area (Å²) in [7, 11) is 0. The Labute approximate surface area is 333 Å². The van der Waals surface area contributed by atoms with E-state index in [4.69, 9.17) is 14.2 Å². The molecule has 0 unspecified atom stereocenters. The summed E-state index contributed by atoms with van der Waals surface area (Å²) in [5.41, 5.74) is 2.48. The Morgan fingerprint density at radius 1 is 0.491 bits per heavy atom. The SMILES string of the molecule is CCCCCCCCCCCC(=O)Sc1ccc2cc(OC(=O)c3ccc(-c4ccc(Oc5ccc(OCCCCCCCC)cc5)cc4)cc3)ccc2c1. The molecule has 0 aliphatic rings. The van der Waals surface area contributed by atoms with Crippen LogP contribution in [0.15, 0.2) is 114 Å². The average molecular weight is 759 g/mol. The van der Waals surface area contributed by atoms with E-state index in [2.05, 4.69) is 13.8 Å². The third-order valence-electron chi connectivity index (χ3n) is 9.84. The Bertz CT molecular complexity index is 1880. The summed E-state index contributed by atoms with van der Waals surface area (Å²) in [6, 6.07) is 34.7. The van der Waals surface area contributed by atoms with Gasteiger partial charge in [0.1, 0.15) is 23.0 Å². The molecule has 0 heterocycles. The van der Waals surface area contributed by atoms with E-state index in [0.29, 0.717) is 17.7 Å². The first-order chi connectivity index (χ1) is 27.0. The highest BCUT2D eigenvalue weighted by molar-refractivity contribution is 8.13. The molecule has 0 radical (unpaired) electrons. The van der Waals surface area contributed by atoms with Gasteiger partial charge in [0.15, 0.2) is 5.12 Å². The fourth-order valence-corrected chi connectivity index (χ4v) is 7.42. The molecule has 290 valence electrons. The predicted octanol–water partition coefficient (Wildman–Crippen LogP) is 14.8. The number of unbranched alkanes of at least 4 members (excludes halogenated alkanes) is 13. The van der Waals surface area contributed by atoms with Gasteiger partial charge in [-0.25, -0.2) is 4.79 Å². The molecule has 0 spiro atoms. The molecule has 5 rings (SSSR count). The van der Waals surface area contributed by atoms with Gasteiger partial charge in [-0.2, -0.15) is 0 Å². The molecule has 0 N–H and O–H groups in total. The van der Waals surface area contributed by atoms with Crippen LogP contribution in [0, 0.1) is 0 Å². The third kappa shape index (κ3) is 14.6. The van der Waals surface area contributed by atoms with E-state index in [1.165, 1.54) is 88.8 Å². The minimum atomic E-state index is -0.414. The van der Waals surface area contributed by atoms with Crippen molar-refractivity contribution in [3.8, 4) is 34.1 Å². The summed E-state index contributed by atoms with van der Waals surface area (Å²) in [4.78, 5) is 26.6. The number of hydrogen-bond donors (Lipinski definition) is 0. The molecule has 0 amide bonds. The fourth-order valence-electron chi connectivity index (χ4n) is 6.58. The van der Waals surface area contributed by atoms with Crippen molar-refractivity contribution in [2.45, 2.75) is 121 Å². The molecule has 5 aromatic rings. The maximum absolute atomic E-state index is 13.0. The van der Waals surface area contributed by atoms with Crippen molar-refractivity contribution in [3.05, 3.63) is 115 Å². The van der Waals surface area contributed by atoms with Crippen LogP contribution in [0.4, 0.5) is 0 Å². The molecular weight excluding hydrogens is 701 g/mol. The van der Waals surface area contributed by atoms with Crippen LogP contribution < -0.4 is 14.2 Å². The van der Waals surface area contributed by atoms with Crippen molar-refractivity contribution >= 4 is 33.6 Å². The van der Waals surface area contributed by atoms with Crippen LogP contribution in [0.5, 0.6) is 23.0 Å². The van der Waals surface area contributed by atoms with E-state index in [9.17, 15) is 9.59 Å². The monoisotopic (exact) mass is 758 g/mol. The maximum atomic E-state index is 13.0. The van der Waals surface area contributed by atoms with Gasteiger partial charge in [0.05, 0.1) is 12.2 Å². The number of esters is 1. The quantitative estimate of drug-likeness (QED) is 0.0270. The molecule has 0 aliphatic carbocycles. The molecule has 0 atom stereocenters. The minimum Gasteiger partial charge on any atom is -0.494 e. The van der Waals surface area contributed by atoms with E-state index >= 15 is 0 Å². The average Bonchev–Trinajstić information content (AvgIpc) is 3.21. The molecule has 0 saturated heterocycles. The van der Waals surface area contributed by atoms with Gasteiger partial charge >= 0.3 is 5.97 Å². The van der Waals surface area contributed by atoms with E-state index in [1.54, 1.807) is 18.2 Å². The number of rotatable bonds is 24. The highest BCUT2D eigenvalue weighted by Gasteiger charge is 2.11. The molecule has 0 aliphatic heterocycles. The summed E-state index contributed by atoms with van der Waals surface area (Å²) in [5.74, 6) is 2.42. The van der Waals surface area contributed by atoms with E-state index < -0.39 is 5.97 Å². The van der Waals surface area contributed by atoms with Gasteiger partial charge in [-0.05, 0) is 108 Å². The minimum absolute atomic E-state index is 0.214. The second kappa shape index (κ2) is 23.4. The maximum Gasteiger partial charge on any atom is 0.343 e.